The molecule has 0 aliphatic rings. The minimum Gasteiger partial charge on any atom is -0.493 e. The van der Waals surface area contributed by atoms with Crippen LogP contribution in [-0.2, 0) is 22.6 Å². The van der Waals surface area contributed by atoms with E-state index in [1.807, 2.05) is 68.4 Å². The Morgan fingerprint density at radius 1 is 0.914 bits per heavy atom. The SMILES string of the molecule is COc1ccccc1OCC(=O)N(Cc1ccccc1Cl)C(Cc1ccccc1)C(=O)NC(C)C. The zero-order valence-electron chi connectivity index (χ0n) is 20.2. The van der Waals surface area contributed by atoms with Crippen molar-refractivity contribution in [2.75, 3.05) is 13.7 Å². The van der Waals surface area contributed by atoms with Crippen molar-refractivity contribution in [3.05, 3.63) is 95.0 Å². The van der Waals surface area contributed by atoms with Crippen molar-refractivity contribution in [2.45, 2.75) is 38.9 Å². The molecule has 0 bridgehead atoms. The first kappa shape index (κ1) is 26.1. The largest absolute Gasteiger partial charge is 0.493 e. The smallest absolute Gasteiger partial charge is 0.261 e. The molecule has 1 atom stereocenters. The number of carbonyl (C=O) groups is 2. The number of carbonyl (C=O) groups excluding carboxylic acids is 2. The Morgan fingerprint density at radius 3 is 2.20 bits per heavy atom. The highest BCUT2D eigenvalue weighted by atomic mass is 35.5. The molecule has 0 saturated carbocycles. The lowest BCUT2D eigenvalue weighted by Crippen LogP contribution is -2.52. The van der Waals surface area contributed by atoms with E-state index in [9.17, 15) is 9.59 Å². The molecule has 0 aliphatic heterocycles. The van der Waals surface area contributed by atoms with Gasteiger partial charge in [0.15, 0.2) is 18.1 Å². The van der Waals surface area contributed by atoms with Crippen molar-refractivity contribution >= 4 is 23.4 Å². The van der Waals surface area contributed by atoms with Crippen LogP contribution >= 0.6 is 11.6 Å². The van der Waals surface area contributed by atoms with Gasteiger partial charge >= 0.3 is 0 Å². The van der Waals surface area contributed by atoms with Crippen LogP contribution in [0.3, 0.4) is 0 Å². The van der Waals surface area contributed by atoms with Crippen molar-refractivity contribution in [3.8, 4) is 11.5 Å². The van der Waals surface area contributed by atoms with Gasteiger partial charge in [0.25, 0.3) is 5.91 Å². The lowest BCUT2D eigenvalue weighted by atomic mass is 10.0. The van der Waals surface area contributed by atoms with Gasteiger partial charge in [-0.1, -0.05) is 72.3 Å². The average Bonchev–Trinajstić information content (AvgIpc) is 2.86. The molecule has 0 saturated heterocycles. The molecule has 2 amide bonds. The number of rotatable bonds is 11. The highest BCUT2D eigenvalue weighted by Gasteiger charge is 2.31. The summed E-state index contributed by atoms with van der Waals surface area (Å²) in [6.07, 6.45) is 0.351. The molecule has 0 aromatic heterocycles. The number of amides is 2. The van der Waals surface area contributed by atoms with Gasteiger partial charge in [-0.05, 0) is 43.2 Å². The molecular weight excluding hydrogens is 464 g/mol. The second-order valence-electron chi connectivity index (χ2n) is 8.42. The molecule has 35 heavy (non-hydrogen) atoms. The Kier molecular flexibility index (Phi) is 9.56. The lowest BCUT2D eigenvalue weighted by molar-refractivity contribution is -0.143. The lowest BCUT2D eigenvalue weighted by Gasteiger charge is -2.32. The Morgan fingerprint density at radius 2 is 1.54 bits per heavy atom. The van der Waals surface area contributed by atoms with E-state index in [1.54, 1.807) is 36.3 Å². The molecule has 0 fully saturated rings. The summed E-state index contributed by atoms with van der Waals surface area (Å²) < 4.78 is 11.1. The van der Waals surface area contributed by atoms with Gasteiger partial charge in [-0.15, -0.1) is 0 Å². The van der Waals surface area contributed by atoms with E-state index in [0.717, 1.165) is 11.1 Å². The Hall–Kier alpha value is -3.51. The summed E-state index contributed by atoms with van der Waals surface area (Å²) in [7, 11) is 1.54. The van der Waals surface area contributed by atoms with Crippen molar-refractivity contribution in [1.82, 2.24) is 10.2 Å². The van der Waals surface area contributed by atoms with Gasteiger partial charge in [0.1, 0.15) is 6.04 Å². The second kappa shape index (κ2) is 12.8. The van der Waals surface area contributed by atoms with Crippen LogP contribution in [0, 0.1) is 0 Å². The van der Waals surface area contributed by atoms with Crippen molar-refractivity contribution in [3.63, 3.8) is 0 Å². The topological polar surface area (TPSA) is 67.9 Å². The van der Waals surface area contributed by atoms with Gasteiger partial charge in [0.05, 0.1) is 7.11 Å². The Bertz CT molecular complexity index is 1120. The predicted molar refractivity (Wildman–Crippen MR) is 138 cm³/mol. The minimum absolute atomic E-state index is 0.0807. The third kappa shape index (κ3) is 7.49. The summed E-state index contributed by atoms with van der Waals surface area (Å²) in [5, 5.41) is 3.49. The molecule has 0 spiro atoms. The van der Waals surface area contributed by atoms with Gasteiger partial charge in [0, 0.05) is 24.0 Å². The molecule has 1 unspecified atom stereocenters. The van der Waals surface area contributed by atoms with Gasteiger partial charge in [0.2, 0.25) is 5.91 Å². The quantitative estimate of drug-likeness (QED) is 0.412. The number of benzene rings is 3. The van der Waals surface area contributed by atoms with Crippen LogP contribution in [0.4, 0.5) is 0 Å². The van der Waals surface area contributed by atoms with Crippen molar-refractivity contribution < 1.29 is 19.1 Å². The maximum Gasteiger partial charge on any atom is 0.261 e. The maximum atomic E-state index is 13.6. The first-order chi connectivity index (χ1) is 16.9. The zero-order chi connectivity index (χ0) is 25.2. The van der Waals surface area contributed by atoms with E-state index in [1.165, 1.54) is 0 Å². The number of hydrogen-bond donors (Lipinski definition) is 1. The van der Waals surface area contributed by atoms with E-state index >= 15 is 0 Å². The molecule has 1 N–H and O–H groups in total. The molecule has 3 aromatic rings. The number of para-hydroxylation sites is 2. The molecule has 6 nitrogen and oxygen atoms in total. The summed E-state index contributed by atoms with van der Waals surface area (Å²) in [6.45, 7) is 3.69. The molecule has 3 aromatic carbocycles. The van der Waals surface area contributed by atoms with Crippen LogP contribution in [0.5, 0.6) is 11.5 Å². The van der Waals surface area contributed by atoms with Crippen LogP contribution in [0.1, 0.15) is 25.0 Å². The summed E-state index contributed by atoms with van der Waals surface area (Å²) in [5.74, 6) is 0.404. The highest BCUT2D eigenvalue weighted by Crippen LogP contribution is 2.26. The number of ether oxygens (including phenoxy) is 2. The minimum atomic E-state index is -0.759. The number of methoxy groups -OCH3 is 1. The fourth-order valence-electron chi connectivity index (χ4n) is 3.71. The normalized spacial score (nSPS) is 11.6. The summed E-state index contributed by atoms with van der Waals surface area (Å²) in [6, 6.07) is 23.2. The summed E-state index contributed by atoms with van der Waals surface area (Å²) in [5.41, 5.74) is 1.69. The van der Waals surface area contributed by atoms with Crippen LogP contribution in [0.15, 0.2) is 78.9 Å². The first-order valence-electron chi connectivity index (χ1n) is 11.5. The Balaban J connectivity index is 1.93. The predicted octanol–water partition coefficient (Wildman–Crippen LogP) is 4.89. The van der Waals surface area contributed by atoms with Crippen molar-refractivity contribution in [1.29, 1.82) is 0 Å². The molecule has 7 heteroatoms. The monoisotopic (exact) mass is 494 g/mol. The third-order valence-electron chi connectivity index (χ3n) is 5.42. The van der Waals surface area contributed by atoms with Gasteiger partial charge in [-0.25, -0.2) is 0 Å². The van der Waals surface area contributed by atoms with Gasteiger partial charge in [-0.2, -0.15) is 0 Å². The van der Waals surface area contributed by atoms with Gasteiger partial charge in [-0.3, -0.25) is 9.59 Å². The summed E-state index contributed by atoms with van der Waals surface area (Å²) >= 11 is 6.43. The molecular formula is C28H31ClN2O4. The van der Waals surface area contributed by atoms with Crippen molar-refractivity contribution in [2.24, 2.45) is 0 Å². The van der Waals surface area contributed by atoms with Crippen LogP contribution < -0.4 is 14.8 Å². The van der Waals surface area contributed by atoms with E-state index in [-0.39, 0.29) is 31.0 Å². The second-order valence-corrected chi connectivity index (χ2v) is 8.83. The number of hydrogen-bond acceptors (Lipinski definition) is 4. The molecule has 184 valence electrons. The van der Waals surface area contributed by atoms with Crippen LogP contribution in [0.25, 0.3) is 0 Å². The van der Waals surface area contributed by atoms with Crippen LogP contribution in [-0.4, -0.2) is 42.5 Å². The molecule has 3 rings (SSSR count). The van der Waals surface area contributed by atoms with Gasteiger partial charge < -0.3 is 19.7 Å². The fourth-order valence-corrected chi connectivity index (χ4v) is 3.90. The molecule has 0 radical (unpaired) electrons. The number of halogens is 1. The van der Waals surface area contributed by atoms with E-state index in [2.05, 4.69) is 5.32 Å². The third-order valence-corrected chi connectivity index (χ3v) is 5.79. The van der Waals surface area contributed by atoms with E-state index in [4.69, 9.17) is 21.1 Å². The molecule has 0 heterocycles. The van der Waals surface area contributed by atoms with Crippen LogP contribution in [0.2, 0.25) is 5.02 Å². The van der Waals surface area contributed by atoms with E-state index < -0.39 is 6.04 Å². The van der Waals surface area contributed by atoms with E-state index in [0.29, 0.717) is 22.9 Å². The average molecular weight is 495 g/mol. The maximum absolute atomic E-state index is 13.6. The number of nitrogens with zero attached hydrogens (tertiary/aromatic N) is 1. The zero-order valence-corrected chi connectivity index (χ0v) is 21.0. The molecule has 0 aliphatic carbocycles. The summed E-state index contributed by atoms with van der Waals surface area (Å²) in [4.78, 5) is 28.5. The first-order valence-corrected chi connectivity index (χ1v) is 11.9. The highest BCUT2D eigenvalue weighted by molar-refractivity contribution is 6.31. The Labute approximate surface area is 211 Å². The fraction of sp³-hybridized carbons (Fsp3) is 0.286. The number of nitrogens with one attached hydrogen (secondary N) is 1. The standard InChI is InChI=1S/C28H31ClN2O4/c1-20(2)30-28(33)24(17-21-11-5-4-6-12-21)31(18-22-13-7-8-14-23(22)29)27(32)19-35-26-16-10-9-15-25(26)34-3/h4-16,20,24H,17-19H2,1-3H3,(H,30,33).